The smallest absolute Gasteiger partial charge is 0.450 e. The lowest BCUT2D eigenvalue weighted by atomic mass is 10.1. The molecule has 2 rings (SSSR count). The zero-order valence-corrected chi connectivity index (χ0v) is 22.4. The second-order valence-electron chi connectivity index (χ2n) is 8.43. The van der Waals surface area contributed by atoms with Gasteiger partial charge in [-0.2, -0.15) is 49.4 Å². The van der Waals surface area contributed by atoms with Gasteiger partial charge in [-0.15, -0.1) is 0 Å². The van der Waals surface area contributed by atoms with Gasteiger partial charge in [0.1, 0.15) is 24.8 Å². The summed E-state index contributed by atoms with van der Waals surface area (Å²) in [6.45, 7) is 1.83. The summed E-state index contributed by atoms with van der Waals surface area (Å²) in [7, 11) is 0. The highest BCUT2D eigenvalue weighted by atomic mass is 32.2. The second kappa shape index (κ2) is 16.5. The maximum atomic E-state index is 13.0. The van der Waals surface area contributed by atoms with E-state index in [2.05, 4.69) is 10.8 Å². The fraction of sp³-hybridized carbons (Fsp3) is 0.609. The standard InChI is InChI=1S/C21H28F3N3O3S2.C2HF3O2/c22-21(23,24)18(28)15-31-11-4-5-17(20(25)30)27(10-9-26-7-2-1-3-8-26)19(29)13-16-6-12-32-14-16;3-2(4,5)1(6)7/h6-7,12,14,17H,1-5,8-11,13,15H2,(H-,25,30);(H,6,7)/t17-;/m0./s1. The molecule has 0 bridgehead atoms. The van der Waals surface area contributed by atoms with Gasteiger partial charge in [-0.25, -0.2) is 4.58 Å². The number of nitrogens with zero attached hydrogens (tertiary/aromatic N) is 2. The van der Waals surface area contributed by atoms with Crippen molar-refractivity contribution in [3.05, 3.63) is 22.4 Å². The largest absolute Gasteiger partial charge is 0.542 e. The molecule has 0 saturated carbocycles. The molecule has 39 heavy (non-hydrogen) atoms. The summed E-state index contributed by atoms with van der Waals surface area (Å²) >= 11 is 2.35. The lowest BCUT2D eigenvalue weighted by Gasteiger charge is -2.29. The van der Waals surface area contributed by atoms with Gasteiger partial charge >= 0.3 is 12.4 Å². The van der Waals surface area contributed by atoms with E-state index in [1.54, 1.807) is 0 Å². The average Bonchev–Trinajstić information content (AvgIpc) is 3.35. The van der Waals surface area contributed by atoms with Crippen LogP contribution in [0.2, 0.25) is 0 Å². The van der Waals surface area contributed by atoms with Gasteiger partial charge in [0, 0.05) is 12.8 Å². The number of halogens is 6. The topological polar surface area (TPSA) is 124 Å². The molecular formula is C23H29F6N3O5S2. The van der Waals surface area contributed by atoms with Crippen LogP contribution in [0.5, 0.6) is 0 Å². The average molecular weight is 606 g/mol. The number of carboxylic acid groups (broad SMARTS) is 1. The lowest BCUT2D eigenvalue weighted by Crippen LogP contribution is -2.50. The molecule has 2 heterocycles. The Balaban J connectivity index is 0.000000956. The van der Waals surface area contributed by atoms with E-state index in [4.69, 9.17) is 15.6 Å². The van der Waals surface area contributed by atoms with E-state index in [1.807, 2.05) is 16.8 Å². The Bertz CT molecular complexity index is 984. The Morgan fingerprint density at radius 2 is 1.79 bits per heavy atom. The minimum atomic E-state index is -5.19. The molecule has 1 atom stereocenters. The second-order valence-corrected chi connectivity index (χ2v) is 10.3. The molecule has 0 saturated heterocycles. The molecule has 0 radical (unpaired) electrons. The van der Waals surface area contributed by atoms with E-state index in [1.165, 1.54) is 16.2 Å². The number of primary amides is 1. The molecule has 0 unspecified atom stereocenters. The van der Waals surface area contributed by atoms with E-state index < -0.39 is 41.8 Å². The highest BCUT2D eigenvalue weighted by Crippen LogP contribution is 2.20. The number of carbonyl (C=O) groups is 4. The zero-order valence-electron chi connectivity index (χ0n) is 20.8. The molecule has 1 aliphatic rings. The molecule has 8 nitrogen and oxygen atoms in total. The SMILES string of the molecule is NC(=O)[C@H](CCCSCC(=O)C(F)(F)F)N(CC[N+]1=CCCCC1)C(=O)Cc1ccsc1.O=C([O-])C(F)(F)F. The fourth-order valence-electron chi connectivity index (χ4n) is 3.46. The van der Waals surface area contributed by atoms with Crippen LogP contribution in [-0.4, -0.2) is 88.8 Å². The summed E-state index contributed by atoms with van der Waals surface area (Å²) in [6.07, 6.45) is -3.97. The summed E-state index contributed by atoms with van der Waals surface area (Å²) in [5.41, 5.74) is 6.48. The Morgan fingerprint density at radius 3 is 2.28 bits per heavy atom. The molecular weight excluding hydrogens is 576 g/mol. The summed E-state index contributed by atoms with van der Waals surface area (Å²) in [5, 5.41) is 12.5. The number of amides is 2. The number of nitrogens with two attached hydrogens (primary N) is 1. The van der Waals surface area contributed by atoms with E-state index >= 15 is 0 Å². The van der Waals surface area contributed by atoms with Gasteiger partial charge in [-0.05, 0) is 47.4 Å². The molecule has 0 spiro atoms. The van der Waals surface area contributed by atoms with E-state index in [-0.39, 0.29) is 24.5 Å². The Hall–Kier alpha value is -2.62. The number of alkyl halides is 6. The van der Waals surface area contributed by atoms with Gasteiger partial charge in [-0.3, -0.25) is 14.4 Å². The number of aliphatic carboxylic acids is 1. The van der Waals surface area contributed by atoms with Crippen LogP contribution < -0.4 is 10.8 Å². The highest BCUT2D eigenvalue weighted by Gasteiger charge is 2.37. The molecule has 1 aliphatic heterocycles. The molecule has 220 valence electrons. The summed E-state index contributed by atoms with van der Waals surface area (Å²) in [4.78, 5) is 46.5. The van der Waals surface area contributed by atoms with Gasteiger partial charge in [0.05, 0.1) is 18.7 Å². The van der Waals surface area contributed by atoms with Crippen molar-refractivity contribution < 1.29 is 55.2 Å². The number of rotatable bonds is 13. The van der Waals surface area contributed by atoms with Crippen LogP contribution in [0.15, 0.2) is 16.8 Å². The van der Waals surface area contributed by atoms with Gasteiger partial charge in [-0.1, -0.05) is 0 Å². The monoisotopic (exact) mass is 605 g/mol. The van der Waals surface area contributed by atoms with Crippen LogP contribution in [0, 0.1) is 0 Å². The van der Waals surface area contributed by atoms with E-state index in [9.17, 15) is 40.7 Å². The summed E-state index contributed by atoms with van der Waals surface area (Å²) < 4.78 is 70.6. The van der Waals surface area contributed by atoms with Crippen LogP contribution in [0.1, 0.15) is 37.7 Å². The molecule has 0 fully saturated rings. The predicted octanol–water partition coefficient (Wildman–Crippen LogP) is 2.18. The van der Waals surface area contributed by atoms with Crippen molar-refractivity contribution in [3.63, 3.8) is 0 Å². The number of hydrogen-bond donors (Lipinski definition) is 1. The molecule has 2 amide bonds. The number of thioether (sulfide) groups is 1. The number of hydrogen-bond acceptors (Lipinski definition) is 7. The van der Waals surface area contributed by atoms with Crippen molar-refractivity contribution in [2.24, 2.45) is 5.73 Å². The lowest BCUT2D eigenvalue weighted by molar-refractivity contribution is -0.528. The predicted molar refractivity (Wildman–Crippen MR) is 131 cm³/mol. The van der Waals surface area contributed by atoms with Crippen molar-refractivity contribution in [2.45, 2.75) is 56.9 Å². The Morgan fingerprint density at radius 1 is 1.13 bits per heavy atom. The van der Waals surface area contributed by atoms with Crippen molar-refractivity contribution >= 4 is 52.9 Å². The first-order valence-electron chi connectivity index (χ1n) is 11.8. The molecule has 0 aromatic carbocycles. The van der Waals surface area contributed by atoms with Crippen molar-refractivity contribution in [2.75, 3.05) is 31.1 Å². The highest BCUT2D eigenvalue weighted by molar-refractivity contribution is 7.99. The third-order valence-electron chi connectivity index (χ3n) is 5.42. The maximum Gasteiger partial charge on any atom is 0.450 e. The number of carbonyl (C=O) groups excluding carboxylic acids is 4. The van der Waals surface area contributed by atoms with Crippen LogP contribution in [-0.2, 0) is 25.6 Å². The van der Waals surface area contributed by atoms with Crippen LogP contribution in [0.4, 0.5) is 26.3 Å². The Labute approximate surface area is 229 Å². The fourth-order valence-corrected chi connectivity index (χ4v) is 5.00. The van der Waals surface area contributed by atoms with Gasteiger partial charge in [0.2, 0.25) is 17.6 Å². The third-order valence-corrected chi connectivity index (χ3v) is 7.20. The van der Waals surface area contributed by atoms with E-state index in [0.29, 0.717) is 19.5 Å². The quantitative estimate of drug-likeness (QED) is 0.209. The van der Waals surface area contributed by atoms with Crippen LogP contribution in [0.25, 0.3) is 0 Å². The van der Waals surface area contributed by atoms with Crippen molar-refractivity contribution in [1.82, 2.24) is 4.90 Å². The van der Waals surface area contributed by atoms with Crippen molar-refractivity contribution in [3.8, 4) is 0 Å². The first-order chi connectivity index (χ1) is 18.1. The van der Waals surface area contributed by atoms with Gasteiger partial charge in [0.15, 0.2) is 6.54 Å². The van der Waals surface area contributed by atoms with Crippen LogP contribution >= 0.6 is 23.1 Å². The van der Waals surface area contributed by atoms with Gasteiger partial charge < -0.3 is 20.5 Å². The molecule has 0 aliphatic carbocycles. The van der Waals surface area contributed by atoms with Gasteiger partial charge in [0.25, 0.3) is 0 Å². The minimum Gasteiger partial charge on any atom is -0.542 e. The summed E-state index contributed by atoms with van der Waals surface area (Å²) in [6, 6.07) is 1.01. The number of thiophene rings is 1. The van der Waals surface area contributed by atoms with Crippen LogP contribution in [0.3, 0.4) is 0 Å². The van der Waals surface area contributed by atoms with Crippen molar-refractivity contribution in [1.29, 1.82) is 0 Å². The first-order valence-corrected chi connectivity index (χ1v) is 13.9. The van der Waals surface area contributed by atoms with E-state index in [0.717, 1.165) is 43.1 Å². The molecule has 1 aromatic heterocycles. The number of Topliss-reactive ketones (excluding diaryl/α,β-unsaturated/α-hetero) is 1. The normalized spacial score (nSPS) is 14.5. The third kappa shape index (κ3) is 13.8. The zero-order chi connectivity index (χ0) is 29.6. The number of carboxylic acids is 1. The molecule has 2 N–H and O–H groups in total. The Kier molecular flexibility index (Phi) is 14.5. The summed E-state index contributed by atoms with van der Waals surface area (Å²) in [5.74, 6) is -6.02. The minimum absolute atomic E-state index is 0.159. The number of ketones is 1. The molecule has 16 heteroatoms. The molecule has 1 aromatic rings. The first kappa shape index (κ1) is 34.4. The maximum absolute atomic E-state index is 13.0.